The zero-order valence-electron chi connectivity index (χ0n) is 19.1. The fourth-order valence-corrected chi connectivity index (χ4v) is 5.52. The maximum absolute atomic E-state index is 12.4. The summed E-state index contributed by atoms with van der Waals surface area (Å²) < 4.78 is 0. The van der Waals surface area contributed by atoms with Gasteiger partial charge in [-0.1, -0.05) is 42.1 Å². The highest BCUT2D eigenvalue weighted by atomic mass is 32.2. The number of nitriles is 2. The molecule has 1 aliphatic heterocycles. The number of thioether (sulfide) groups is 1. The molecule has 1 saturated heterocycles. The van der Waals surface area contributed by atoms with E-state index in [0.29, 0.717) is 46.2 Å². The van der Waals surface area contributed by atoms with E-state index in [2.05, 4.69) is 17.5 Å². The number of amides is 1. The Balaban J connectivity index is 1.76. The van der Waals surface area contributed by atoms with E-state index in [-0.39, 0.29) is 18.5 Å². The van der Waals surface area contributed by atoms with Crippen molar-refractivity contribution in [1.82, 2.24) is 10.3 Å². The number of piperidine rings is 1. The van der Waals surface area contributed by atoms with Gasteiger partial charge in [0.2, 0.25) is 5.91 Å². The summed E-state index contributed by atoms with van der Waals surface area (Å²) in [5.74, 6) is -0.880. The van der Waals surface area contributed by atoms with Crippen LogP contribution < -0.4 is 16.0 Å². The van der Waals surface area contributed by atoms with Gasteiger partial charge in [0.15, 0.2) is 0 Å². The van der Waals surface area contributed by atoms with Crippen LogP contribution in [0.25, 0.3) is 0 Å². The zero-order valence-corrected chi connectivity index (χ0v) is 19.9. The molecule has 4 rings (SSSR count). The number of hydrogen-bond acceptors (Lipinski definition) is 8. The Morgan fingerprint density at radius 3 is 2.51 bits per heavy atom. The van der Waals surface area contributed by atoms with Crippen molar-refractivity contribution in [2.24, 2.45) is 5.73 Å². The topological polar surface area (TPSA) is 156 Å². The number of nitrogens with two attached hydrogens (primary N) is 1. The molecule has 2 unspecified atom stereocenters. The van der Waals surface area contributed by atoms with Crippen LogP contribution in [0.4, 0.5) is 5.82 Å². The van der Waals surface area contributed by atoms with Crippen molar-refractivity contribution in [2.45, 2.75) is 47.9 Å². The summed E-state index contributed by atoms with van der Waals surface area (Å²) >= 11 is 1.14. The summed E-state index contributed by atoms with van der Waals surface area (Å²) in [6, 6.07) is 13.6. The highest BCUT2D eigenvalue weighted by molar-refractivity contribution is 8.00. The SMILES string of the molecule is N#Cc1c(SC(C(N)=O)c2ccccc2)nc(N2CCCC(NCC(=O)O)C2)c(C#N)c1C1CC1. The smallest absolute Gasteiger partial charge is 0.317 e. The number of benzene rings is 1. The maximum atomic E-state index is 12.4. The predicted molar refractivity (Wildman–Crippen MR) is 131 cm³/mol. The Morgan fingerprint density at radius 2 is 1.91 bits per heavy atom. The Bertz CT molecular complexity index is 1200. The van der Waals surface area contributed by atoms with Crippen molar-refractivity contribution in [1.29, 1.82) is 10.5 Å². The highest BCUT2D eigenvalue weighted by Gasteiger charge is 2.36. The zero-order chi connectivity index (χ0) is 24.9. The van der Waals surface area contributed by atoms with Gasteiger partial charge in [0.25, 0.3) is 0 Å². The number of carboxylic acid groups (broad SMARTS) is 1. The van der Waals surface area contributed by atoms with Gasteiger partial charge in [-0.05, 0) is 42.7 Å². The number of aromatic nitrogens is 1. The molecule has 0 bridgehead atoms. The molecule has 2 aliphatic rings. The normalized spacial score (nSPS) is 18.3. The largest absolute Gasteiger partial charge is 0.480 e. The van der Waals surface area contributed by atoms with Crippen LogP contribution in [-0.4, -0.2) is 47.6 Å². The third-order valence-corrected chi connectivity index (χ3v) is 7.50. The summed E-state index contributed by atoms with van der Waals surface area (Å²) in [6.07, 6.45) is 3.39. The van der Waals surface area contributed by atoms with Gasteiger partial charge in [0.1, 0.15) is 28.2 Å². The van der Waals surface area contributed by atoms with E-state index in [0.717, 1.165) is 37.4 Å². The monoisotopic (exact) mass is 490 g/mol. The number of hydrogen-bond donors (Lipinski definition) is 3. The lowest BCUT2D eigenvalue weighted by Crippen LogP contribution is -2.47. The number of pyridine rings is 1. The number of rotatable bonds is 9. The van der Waals surface area contributed by atoms with E-state index in [1.165, 1.54) is 0 Å². The third kappa shape index (κ3) is 5.56. The number of aliphatic carboxylic acids is 1. The van der Waals surface area contributed by atoms with Gasteiger partial charge in [-0.2, -0.15) is 10.5 Å². The Kier molecular flexibility index (Phi) is 7.54. The molecule has 0 radical (unpaired) electrons. The lowest BCUT2D eigenvalue weighted by Gasteiger charge is -2.35. The second-order valence-corrected chi connectivity index (χ2v) is 9.87. The minimum atomic E-state index is -0.926. The molecule has 10 heteroatoms. The summed E-state index contributed by atoms with van der Waals surface area (Å²) in [6.45, 7) is 1.01. The average Bonchev–Trinajstić information content (AvgIpc) is 3.71. The number of primary amides is 1. The van der Waals surface area contributed by atoms with E-state index in [1.807, 2.05) is 35.2 Å². The standard InChI is InChI=1S/C25H26N6O3S/c26-11-18-21(15-8-9-15)19(12-27)25(35-22(23(28)34)16-5-2-1-3-6-16)30-24(18)31-10-4-7-17(14-31)29-13-20(32)33/h1-3,5-6,15,17,22,29H,4,7-10,13-14H2,(H2,28,34)(H,32,33). The minimum Gasteiger partial charge on any atom is -0.480 e. The van der Waals surface area contributed by atoms with Gasteiger partial charge < -0.3 is 21.1 Å². The molecule has 35 heavy (non-hydrogen) atoms. The average molecular weight is 491 g/mol. The molecule has 2 heterocycles. The maximum Gasteiger partial charge on any atom is 0.317 e. The highest BCUT2D eigenvalue weighted by Crippen LogP contribution is 2.48. The number of anilines is 1. The van der Waals surface area contributed by atoms with Crippen molar-refractivity contribution in [3.05, 3.63) is 52.6 Å². The van der Waals surface area contributed by atoms with Crippen LogP contribution in [-0.2, 0) is 9.59 Å². The fraction of sp³-hybridized carbons (Fsp3) is 0.400. The molecule has 2 aromatic rings. The third-order valence-electron chi connectivity index (χ3n) is 6.25. The van der Waals surface area contributed by atoms with Gasteiger partial charge in [-0.15, -0.1) is 0 Å². The number of carboxylic acids is 1. The minimum absolute atomic E-state index is 0.0630. The molecule has 2 fully saturated rings. The van der Waals surface area contributed by atoms with Crippen LogP contribution in [0, 0.1) is 22.7 Å². The Labute approximate surface area is 207 Å². The molecule has 1 aliphatic carbocycles. The van der Waals surface area contributed by atoms with Crippen molar-refractivity contribution in [3.63, 3.8) is 0 Å². The van der Waals surface area contributed by atoms with Crippen LogP contribution in [0.1, 0.15) is 59.1 Å². The van der Waals surface area contributed by atoms with E-state index in [4.69, 9.17) is 15.8 Å². The van der Waals surface area contributed by atoms with Crippen LogP contribution in [0.2, 0.25) is 0 Å². The van der Waals surface area contributed by atoms with Crippen molar-refractivity contribution in [2.75, 3.05) is 24.5 Å². The van der Waals surface area contributed by atoms with E-state index >= 15 is 0 Å². The van der Waals surface area contributed by atoms with Crippen LogP contribution in [0.5, 0.6) is 0 Å². The Hall–Kier alpha value is -3.60. The van der Waals surface area contributed by atoms with Crippen LogP contribution >= 0.6 is 11.8 Å². The second kappa shape index (κ2) is 10.8. The first kappa shape index (κ1) is 24.5. The molecular formula is C25H26N6O3S. The Morgan fingerprint density at radius 1 is 1.20 bits per heavy atom. The van der Waals surface area contributed by atoms with E-state index < -0.39 is 17.1 Å². The van der Waals surface area contributed by atoms with E-state index in [9.17, 15) is 20.1 Å². The molecule has 180 valence electrons. The van der Waals surface area contributed by atoms with Gasteiger partial charge in [0, 0.05) is 19.1 Å². The summed E-state index contributed by atoms with van der Waals surface area (Å²) in [7, 11) is 0. The van der Waals surface area contributed by atoms with Gasteiger partial charge in [-0.25, -0.2) is 4.98 Å². The second-order valence-electron chi connectivity index (χ2n) is 8.77. The summed E-state index contributed by atoms with van der Waals surface area (Å²) in [5.41, 5.74) is 7.87. The molecule has 1 saturated carbocycles. The summed E-state index contributed by atoms with van der Waals surface area (Å²) in [5, 5.41) is 31.9. The van der Waals surface area contributed by atoms with Gasteiger partial charge >= 0.3 is 5.97 Å². The number of carbonyl (C=O) groups excluding carboxylic acids is 1. The predicted octanol–water partition coefficient (Wildman–Crippen LogP) is 2.66. The molecule has 1 aromatic heterocycles. The molecule has 0 spiro atoms. The van der Waals surface area contributed by atoms with Crippen molar-refractivity contribution >= 4 is 29.5 Å². The number of nitrogens with one attached hydrogen (secondary N) is 1. The summed E-state index contributed by atoms with van der Waals surface area (Å²) in [4.78, 5) is 30.2. The molecular weight excluding hydrogens is 464 g/mol. The molecule has 9 nitrogen and oxygen atoms in total. The van der Waals surface area contributed by atoms with Crippen LogP contribution in [0.15, 0.2) is 35.4 Å². The number of nitrogens with zero attached hydrogens (tertiary/aromatic N) is 4. The van der Waals surface area contributed by atoms with Crippen LogP contribution in [0.3, 0.4) is 0 Å². The molecule has 1 aromatic carbocycles. The lowest BCUT2D eigenvalue weighted by molar-refractivity contribution is -0.136. The first-order valence-electron chi connectivity index (χ1n) is 11.5. The lowest BCUT2D eigenvalue weighted by atomic mass is 9.98. The first-order valence-corrected chi connectivity index (χ1v) is 12.4. The number of carbonyl (C=O) groups is 2. The van der Waals surface area contributed by atoms with Gasteiger partial charge in [-0.3, -0.25) is 9.59 Å². The molecule has 2 atom stereocenters. The fourth-order valence-electron chi connectivity index (χ4n) is 4.48. The quantitative estimate of drug-likeness (QED) is 0.450. The van der Waals surface area contributed by atoms with Crippen molar-refractivity contribution in [3.8, 4) is 12.1 Å². The van der Waals surface area contributed by atoms with Crippen molar-refractivity contribution < 1.29 is 14.7 Å². The van der Waals surface area contributed by atoms with Gasteiger partial charge in [0.05, 0.1) is 17.7 Å². The molecule has 1 amide bonds. The van der Waals surface area contributed by atoms with E-state index in [1.54, 1.807) is 0 Å². The molecule has 4 N–H and O–H groups in total. The first-order chi connectivity index (χ1) is 16.9.